The molecule has 1 heterocycles. The summed E-state index contributed by atoms with van der Waals surface area (Å²) in [6, 6.07) is 8.12. The lowest BCUT2D eigenvalue weighted by Gasteiger charge is -2.04. The summed E-state index contributed by atoms with van der Waals surface area (Å²) in [5.74, 6) is -1.22. The molecule has 1 aromatic heterocycles. The van der Waals surface area contributed by atoms with E-state index < -0.39 is 5.97 Å². The fraction of sp³-hybridized carbons (Fsp3) is 0.231. The van der Waals surface area contributed by atoms with Gasteiger partial charge >= 0.3 is 5.97 Å². The Balaban J connectivity index is 2.30. The van der Waals surface area contributed by atoms with Gasteiger partial charge < -0.3 is 5.11 Å². The maximum Gasteiger partial charge on any atom is 0.303 e. The Bertz CT molecular complexity index is 578. The van der Waals surface area contributed by atoms with Crippen LogP contribution in [0.25, 0.3) is 5.69 Å². The largest absolute Gasteiger partial charge is 0.481 e. The van der Waals surface area contributed by atoms with Crippen LogP contribution in [0.4, 0.5) is 4.39 Å². The lowest BCUT2D eigenvalue weighted by atomic mass is 10.2. The average molecular weight is 248 g/mol. The fourth-order valence-electron chi connectivity index (χ4n) is 1.76. The van der Waals surface area contributed by atoms with E-state index in [2.05, 4.69) is 5.10 Å². The molecule has 0 aliphatic carbocycles. The minimum Gasteiger partial charge on any atom is -0.481 e. The van der Waals surface area contributed by atoms with Crippen molar-refractivity contribution < 1.29 is 14.3 Å². The smallest absolute Gasteiger partial charge is 0.303 e. The number of aromatic nitrogens is 2. The van der Waals surface area contributed by atoms with Gasteiger partial charge in [-0.15, -0.1) is 0 Å². The van der Waals surface area contributed by atoms with Gasteiger partial charge in [-0.1, -0.05) is 12.1 Å². The summed E-state index contributed by atoms with van der Waals surface area (Å²) in [5, 5.41) is 12.8. The topological polar surface area (TPSA) is 55.1 Å². The Kier molecular flexibility index (Phi) is 3.41. The molecule has 18 heavy (non-hydrogen) atoms. The van der Waals surface area contributed by atoms with Crippen molar-refractivity contribution in [2.24, 2.45) is 0 Å². The highest BCUT2D eigenvalue weighted by molar-refractivity contribution is 5.66. The molecule has 0 fully saturated rings. The van der Waals surface area contributed by atoms with Gasteiger partial charge in [0.2, 0.25) is 0 Å². The molecule has 2 rings (SSSR count). The summed E-state index contributed by atoms with van der Waals surface area (Å²) in [7, 11) is 0. The monoisotopic (exact) mass is 248 g/mol. The highest BCUT2D eigenvalue weighted by Gasteiger charge is 2.10. The molecule has 0 bridgehead atoms. The normalized spacial score (nSPS) is 10.6. The summed E-state index contributed by atoms with van der Waals surface area (Å²) in [5.41, 5.74) is 1.80. The van der Waals surface area contributed by atoms with Crippen LogP contribution in [0.2, 0.25) is 0 Å². The van der Waals surface area contributed by atoms with E-state index >= 15 is 0 Å². The number of nitrogens with zero attached hydrogens (tertiary/aromatic N) is 2. The number of benzene rings is 1. The first-order valence-corrected chi connectivity index (χ1v) is 5.60. The minimum absolute atomic E-state index is 0.0216. The number of halogens is 1. The molecular formula is C13H13FN2O2. The van der Waals surface area contributed by atoms with Crippen molar-refractivity contribution in [1.29, 1.82) is 0 Å². The third-order valence-electron chi connectivity index (χ3n) is 2.61. The van der Waals surface area contributed by atoms with Crippen LogP contribution in [-0.2, 0) is 11.2 Å². The van der Waals surface area contributed by atoms with E-state index in [1.807, 2.05) is 6.92 Å². The molecule has 5 heteroatoms. The maximum absolute atomic E-state index is 13.6. The van der Waals surface area contributed by atoms with Gasteiger partial charge in [-0.3, -0.25) is 4.79 Å². The summed E-state index contributed by atoms with van der Waals surface area (Å²) >= 11 is 0. The molecule has 0 saturated carbocycles. The molecule has 0 aliphatic heterocycles. The van der Waals surface area contributed by atoms with E-state index in [4.69, 9.17) is 5.11 Å². The number of hydrogen-bond acceptors (Lipinski definition) is 2. The summed E-state index contributed by atoms with van der Waals surface area (Å²) in [4.78, 5) is 10.5. The Morgan fingerprint density at radius 2 is 2.17 bits per heavy atom. The van der Waals surface area contributed by atoms with Crippen LogP contribution in [0.15, 0.2) is 30.3 Å². The van der Waals surface area contributed by atoms with Crippen LogP contribution in [0, 0.1) is 12.7 Å². The zero-order valence-electron chi connectivity index (χ0n) is 9.93. The van der Waals surface area contributed by atoms with E-state index in [1.54, 1.807) is 24.3 Å². The third kappa shape index (κ3) is 2.56. The Hall–Kier alpha value is -2.17. The molecule has 0 amide bonds. The molecule has 0 atom stereocenters. The van der Waals surface area contributed by atoms with Crippen molar-refractivity contribution in [3.05, 3.63) is 47.5 Å². The predicted molar refractivity (Wildman–Crippen MR) is 64.2 cm³/mol. The first kappa shape index (κ1) is 12.3. The molecule has 4 nitrogen and oxygen atoms in total. The average Bonchev–Trinajstić information content (AvgIpc) is 2.69. The first-order chi connectivity index (χ1) is 8.58. The first-order valence-electron chi connectivity index (χ1n) is 5.60. The lowest BCUT2D eigenvalue weighted by molar-refractivity contribution is -0.136. The Labute approximate surface area is 104 Å². The molecule has 0 spiro atoms. The maximum atomic E-state index is 13.6. The number of carbonyl (C=O) groups is 1. The zero-order chi connectivity index (χ0) is 13.1. The number of rotatable bonds is 4. The van der Waals surface area contributed by atoms with E-state index in [-0.39, 0.29) is 12.2 Å². The second-order valence-electron chi connectivity index (χ2n) is 4.03. The summed E-state index contributed by atoms with van der Waals surface area (Å²) < 4.78 is 15.1. The number of hydrogen-bond donors (Lipinski definition) is 1. The van der Waals surface area contributed by atoms with Gasteiger partial charge in [0.15, 0.2) is 0 Å². The molecule has 2 aromatic rings. The Morgan fingerprint density at radius 3 is 2.83 bits per heavy atom. The van der Waals surface area contributed by atoms with E-state index in [0.29, 0.717) is 17.8 Å². The zero-order valence-corrected chi connectivity index (χ0v) is 9.93. The quantitative estimate of drug-likeness (QED) is 0.903. The molecule has 94 valence electrons. The molecule has 1 aromatic carbocycles. The van der Waals surface area contributed by atoms with Crippen molar-refractivity contribution in [2.45, 2.75) is 19.8 Å². The van der Waals surface area contributed by atoms with Crippen molar-refractivity contribution in [2.75, 3.05) is 0 Å². The van der Waals surface area contributed by atoms with E-state index in [0.717, 1.165) is 5.69 Å². The van der Waals surface area contributed by atoms with Crippen molar-refractivity contribution in [3.8, 4) is 5.69 Å². The van der Waals surface area contributed by atoms with Crippen LogP contribution in [0.5, 0.6) is 0 Å². The molecule has 1 N–H and O–H groups in total. The molecule has 0 unspecified atom stereocenters. The molecule has 0 saturated heterocycles. The van der Waals surface area contributed by atoms with Crippen LogP contribution in [-0.4, -0.2) is 20.9 Å². The van der Waals surface area contributed by atoms with E-state index in [1.165, 1.54) is 10.7 Å². The van der Waals surface area contributed by atoms with Gasteiger partial charge in [0.1, 0.15) is 11.5 Å². The number of aryl methyl sites for hydroxylation is 2. The number of carboxylic acid groups (broad SMARTS) is 1. The lowest BCUT2D eigenvalue weighted by Crippen LogP contribution is -2.03. The van der Waals surface area contributed by atoms with Crippen molar-refractivity contribution >= 4 is 5.97 Å². The summed E-state index contributed by atoms with van der Waals surface area (Å²) in [6.07, 6.45) is 0.366. The predicted octanol–water partition coefficient (Wildman–Crippen LogP) is 2.34. The molecular weight excluding hydrogens is 235 g/mol. The minimum atomic E-state index is -0.868. The number of para-hydroxylation sites is 1. The number of carboxylic acids is 1. The van der Waals surface area contributed by atoms with Gasteiger partial charge in [-0.25, -0.2) is 9.07 Å². The van der Waals surface area contributed by atoms with Gasteiger partial charge in [0, 0.05) is 12.1 Å². The van der Waals surface area contributed by atoms with Crippen molar-refractivity contribution in [1.82, 2.24) is 9.78 Å². The number of aliphatic carboxylic acids is 1. The highest BCUT2D eigenvalue weighted by Crippen LogP contribution is 2.16. The van der Waals surface area contributed by atoms with Crippen LogP contribution < -0.4 is 0 Å². The van der Waals surface area contributed by atoms with Gasteiger partial charge in [0.05, 0.1) is 12.1 Å². The van der Waals surface area contributed by atoms with Crippen molar-refractivity contribution in [3.63, 3.8) is 0 Å². The van der Waals surface area contributed by atoms with Gasteiger partial charge in [0.25, 0.3) is 0 Å². The second kappa shape index (κ2) is 5.00. The Morgan fingerprint density at radius 1 is 1.44 bits per heavy atom. The van der Waals surface area contributed by atoms with Crippen LogP contribution in [0.1, 0.15) is 17.8 Å². The fourth-order valence-corrected chi connectivity index (χ4v) is 1.76. The summed E-state index contributed by atoms with van der Waals surface area (Å²) in [6.45, 7) is 1.81. The second-order valence-corrected chi connectivity index (χ2v) is 4.03. The van der Waals surface area contributed by atoms with Crippen LogP contribution in [0.3, 0.4) is 0 Å². The van der Waals surface area contributed by atoms with Gasteiger partial charge in [-0.05, 0) is 25.1 Å². The van der Waals surface area contributed by atoms with Gasteiger partial charge in [-0.2, -0.15) is 5.10 Å². The van der Waals surface area contributed by atoms with Crippen LogP contribution >= 0.6 is 0 Å². The van der Waals surface area contributed by atoms with E-state index in [9.17, 15) is 9.18 Å². The third-order valence-corrected chi connectivity index (χ3v) is 2.61. The SMILES string of the molecule is Cc1cc(CCC(=O)O)nn1-c1ccccc1F. The standard InChI is InChI=1S/C13H13FN2O2/c1-9-8-10(6-7-13(17)18)15-16(9)12-5-3-2-4-11(12)14/h2-5,8H,6-7H2,1H3,(H,17,18). The highest BCUT2D eigenvalue weighted by atomic mass is 19.1. The molecule has 0 radical (unpaired) electrons. The molecule has 0 aliphatic rings.